The van der Waals surface area contributed by atoms with E-state index in [0.29, 0.717) is 4.99 Å². The molecule has 0 atom stereocenters. The van der Waals surface area contributed by atoms with Gasteiger partial charge in [0.1, 0.15) is 9.98 Å². The third-order valence-electron chi connectivity index (χ3n) is 1.16. The lowest BCUT2D eigenvalue weighted by molar-refractivity contribution is 0.00441. The molecule has 0 N–H and O–H groups in total. The van der Waals surface area contributed by atoms with Gasteiger partial charge in [0.25, 0.3) is 0 Å². The zero-order chi connectivity index (χ0) is 7.56. The van der Waals surface area contributed by atoms with Crippen molar-refractivity contribution in [2.45, 2.75) is 6.42 Å². The van der Waals surface area contributed by atoms with Crippen LogP contribution in [-0.2, 0) is 4.84 Å². The van der Waals surface area contributed by atoms with Gasteiger partial charge in [0, 0.05) is 6.42 Å². The maximum absolute atomic E-state index is 4.97. The molecule has 1 rings (SSSR count). The summed E-state index contributed by atoms with van der Waals surface area (Å²) in [7, 11) is 1.55. The normalized spacial score (nSPS) is 18.3. The van der Waals surface area contributed by atoms with E-state index in [0.717, 1.165) is 11.4 Å². The summed E-state index contributed by atoms with van der Waals surface area (Å²) in [5.74, 6) is 0. The quantitative estimate of drug-likeness (QED) is 0.556. The summed E-state index contributed by atoms with van der Waals surface area (Å²) >= 11 is 9.90. The van der Waals surface area contributed by atoms with E-state index in [4.69, 9.17) is 29.3 Å². The second-order valence-electron chi connectivity index (χ2n) is 1.82. The van der Waals surface area contributed by atoms with Gasteiger partial charge in [-0.05, 0) is 6.08 Å². The van der Waals surface area contributed by atoms with Gasteiger partial charge in [-0.1, -0.05) is 30.5 Å². The highest BCUT2D eigenvalue weighted by Crippen LogP contribution is 2.07. The molecule has 0 saturated carbocycles. The molecule has 10 heavy (non-hydrogen) atoms. The van der Waals surface area contributed by atoms with E-state index in [1.54, 1.807) is 7.11 Å². The largest absolute Gasteiger partial charge is 0.271 e. The third kappa shape index (κ3) is 1.39. The number of rotatable bonds is 1. The van der Waals surface area contributed by atoms with Crippen molar-refractivity contribution in [2.75, 3.05) is 7.11 Å². The van der Waals surface area contributed by atoms with Crippen LogP contribution in [0.1, 0.15) is 6.42 Å². The van der Waals surface area contributed by atoms with Crippen LogP contribution in [0.2, 0.25) is 0 Å². The highest BCUT2D eigenvalue weighted by molar-refractivity contribution is 7.82. The Kier molecular flexibility index (Phi) is 2.48. The monoisotopic (exact) mass is 173 g/mol. The standard InChI is InChI=1S/C6H7NOS2/c1-8-7-5(9)3-2-4-6(7)10/h2-3H,4H2,1H3. The van der Waals surface area contributed by atoms with Crippen LogP contribution in [0.15, 0.2) is 12.2 Å². The molecule has 0 spiro atoms. The second-order valence-corrected chi connectivity index (χ2v) is 2.70. The number of thiocarbonyl (C=S) groups is 2. The molecule has 0 unspecified atom stereocenters. The van der Waals surface area contributed by atoms with Crippen LogP contribution in [-0.4, -0.2) is 22.2 Å². The fraction of sp³-hybridized carbons (Fsp3) is 0.333. The average Bonchev–Trinajstić information content (AvgIpc) is 1.88. The number of nitrogens with zero attached hydrogens (tertiary/aromatic N) is 1. The Bertz CT molecular complexity index is 200. The van der Waals surface area contributed by atoms with E-state index in [1.807, 2.05) is 12.2 Å². The summed E-state index contributed by atoms with van der Waals surface area (Å²) in [6.07, 6.45) is 4.48. The fourth-order valence-corrected chi connectivity index (χ4v) is 1.33. The van der Waals surface area contributed by atoms with Crippen LogP contribution in [0.5, 0.6) is 0 Å². The average molecular weight is 173 g/mol. The molecule has 2 nitrogen and oxygen atoms in total. The lowest BCUT2D eigenvalue weighted by atomic mass is 10.3. The van der Waals surface area contributed by atoms with Gasteiger partial charge < -0.3 is 0 Å². The molecule has 0 amide bonds. The summed E-state index contributed by atoms with van der Waals surface area (Å²) in [4.78, 5) is 6.26. The van der Waals surface area contributed by atoms with Crippen LogP contribution in [0.4, 0.5) is 0 Å². The van der Waals surface area contributed by atoms with Crippen LogP contribution in [0, 0.1) is 0 Å². The first kappa shape index (κ1) is 7.78. The van der Waals surface area contributed by atoms with Gasteiger partial charge in [-0.3, -0.25) is 4.84 Å². The van der Waals surface area contributed by atoms with Crippen molar-refractivity contribution >= 4 is 34.4 Å². The lowest BCUT2D eigenvalue weighted by Gasteiger charge is -2.22. The summed E-state index contributed by atoms with van der Waals surface area (Å²) in [5.41, 5.74) is 0. The highest BCUT2D eigenvalue weighted by Gasteiger charge is 2.14. The third-order valence-corrected chi connectivity index (χ3v) is 1.80. The maximum Gasteiger partial charge on any atom is 0.132 e. The molecule has 0 radical (unpaired) electrons. The molecule has 1 aliphatic heterocycles. The molecule has 0 aromatic heterocycles. The smallest absolute Gasteiger partial charge is 0.132 e. The fourth-order valence-electron chi connectivity index (χ4n) is 0.726. The zero-order valence-corrected chi connectivity index (χ0v) is 7.17. The van der Waals surface area contributed by atoms with Crippen molar-refractivity contribution in [3.8, 4) is 0 Å². The Labute approximate surface area is 70.4 Å². The number of hydroxylamine groups is 2. The molecule has 1 heterocycles. The number of hydrogen-bond donors (Lipinski definition) is 0. The van der Waals surface area contributed by atoms with Crippen LogP contribution in [0.25, 0.3) is 0 Å². The Hall–Kier alpha value is -0.320. The molecule has 0 aromatic carbocycles. The molecule has 0 fully saturated rings. The van der Waals surface area contributed by atoms with E-state index in [9.17, 15) is 0 Å². The van der Waals surface area contributed by atoms with Crippen molar-refractivity contribution in [3.63, 3.8) is 0 Å². The molecular formula is C6H7NOS2. The summed E-state index contributed by atoms with van der Waals surface area (Å²) in [5, 5.41) is 1.48. The minimum Gasteiger partial charge on any atom is -0.271 e. The molecule has 0 aromatic rings. The molecule has 0 bridgehead atoms. The predicted octanol–water partition coefficient (Wildman–Crippen LogP) is 1.46. The minimum atomic E-state index is 0.624. The first-order valence-corrected chi connectivity index (χ1v) is 3.65. The van der Waals surface area contributed by atoms with Gasteiger partial charge >= 0.3 is 0 Å². The van der Waals surface area contributed by atoms with Crippen molar-refractivity contribution in [2.24, 2.45) is 0 Å². The topological polar surface area (TPSA) is 12.5 Å². The van der Waals surface area contributed by atoms with E-state index in [1.165, 1.54) is 5.06 Å². The van der Waals surface area contributed by atoms with Crippen LogP contribution in [0.3, 0.4) is 0 Å². The van der Waals surface area contributed by atoms with Gasteiger partial charge in [-0.15, -0.1) is 0 Å². The number of hydrogen-bond acceptors (Lipinski definition) is 3. The molecular weight excluding hydrogens is 166 g/mol. The zero-order valence-electron chi connectivity index (χ0n) is 5.53. The van der Waals surface area contributed by atoms with Crippen molar-refractivity contribution in [3.05, 3.63) is 12.2 Å². The van der Waals surface area contributed by atoms with Gasteiger partial charge in [-0.2, -0.15) is 0 Å². The predicted molar refractivity (Wildman–Crippen MR) is 47.8 cm³/mol. The van der Waals surface area contributed by atoms with Gasteiger partial charge in [0.05, 0.1) is 7.11 Å². The molecule has 4 heteroatoms. The molecule has 0 saturated heterocycles. The second kappa shape index (κ2) is 3.18. The first-order valence-electron chi connectivity index (χ1n) is 2.83. The van der Waals surface area contributed by atoms with E-state index >= 15 is 0 Å². The minimum absolute atomic E-state index is 0.624. The molecule has 0 aliphatic carbocycles. The van der Waals surface area contributed by atoms with Gasteiger partial charge in [0.2, 0.25) is 0 Å². The van der Waals surface area contributed by atoms with Crippen molar-refractivity contribution in [1.29, 1.82) is 0 Å². The van der Waals surface area contributed by atoms with E-state index < -0.39 is 0 Å². The molecule has 1 aliphatic rings. The van der Waals surface area contributed by atoms with Crippen LogP contribution >= 0.6 is 24.4 Å². The Morgan fingerprint density at radius 2 is 2.30 bits per heavy atom. The summed E-state index contributed by atoms with van der Waals surface area (Å²) in [6.45, 7) is 0. The van der Waals surface area contributed by atoms with Gasteiger partial charge in [0.15, 0.2) is 0 Å². The van der Waals surface area contributed by atoms with Crippen molar-refractivity contribution < 1.29 is 4.84 Å². The Morgan fingerprint density at radius 3 is 2.70 bits per heavy atom. The summed E-state index contributed by atoms with van der Waals surface area (Å²) < 4.78 is 0. The Balaban J connectivity index is 2.77. The van der Waals surface area contributed by atoms with Crippen molar-refractivity contribution in [1.82, 2.24) is 5.06 Å². The van der Waals surface area contributed by atoms with Gasteiger partial charge in [-0.25, -0.2) is 5.06 Å². The van der Waals surface area contributed by atoms with E-state index in [-0.39, 0.29) is 0 Å². The highest BCUT2D eigenvalue weighted by atomic mass is 32.1. The summed E-state index contributed by atoms with van der Waals surface area (Å²) in [6, 6.07) is 0. The SMILES string of the molecule is CON1C(=S)C=CCC1=S. The first-order chi connectivity index (χ1) is 4.75. The van der Waals surface area contributed by atoms with Crippen LogP contribution < -0.4 is 0 Å². The molecule has 54 valence electrons. The van der Waals surface area contributed by atoms with E-state index in [2.05, 4.69) is 0 Å². The lowest BCUT2D eigenvalue weighted by Crippen LogP contribution is -2.34. The Morgan fingerprint density at radius 1 is 1.60 bits per heavy atom. The maximum atomic E-state index is 4.97.